The Hall–Kier alpha value is -0.870. The molecule has 2 rings (SSSR count). The molecule has 0 aromatic carbocycles. The van der Waals surface area contributed by atoms with Gasteiger partial charge in [0.25, 0.3) is 0 Å². The van der Waals surface area contributed by atoms with Gasteiger partial charge in [0.05, 0.1) is 11.8 Å². The lowest BCUT2D eigenvalue weighted by Gasteiger charge is -2.22. The van der Waals surface area contributed by atoms with Crippen LogP contribution in [0.15, 0.2) is 17.8 Å². The van der Waals surface area contributed by atoms with Crippen LogP contribution < -0.4 is 0 Å². The lowest BCUT2D eigenvalue weighted by molar-refractivity contribution is 0.0971. The minimum Gasteiger partial charge on any atom is -0.393 e. The monoisotopic (exact) mass is 238 g/mol. The number of fused-ring (bicyclic) bond motifs is 1. The first-order valence-electron chi connectivity index (χ1n) is 5.67. The predicted molar refractivity (Wildman–Crippen MR) is 66.8 cm³/mol. The van der Waals surface area contributed by atoms with Crippen LogP contribution in [-0.2, 0) is 6.42 Å². The normalized spacial score (nSPS) is 15.8. The van der Waals surface area contributed by atoms with Crippen LogP contribution in [0.2, 0.25) is 0 Å². The number of hydrogen-bond donors (Lipinski definition) is 1. The quantitative estimate of drug-likeness (QED) is 0.889. The highest BCUT2D eigenvalue weighted by atomic mass is 32.1. The van der Waals surface area contributed by atoms with Gasteiger partial charge in [-0.1, -0.05) is 13.8 Å². The minimum atomic E-state index is -0.278. The second-order valence-electron chi connectivity index (χ2n) is 4.68. The van der Waals surface area contributed by atoms with Crippen molar-refractivity contribution >= 4 is 16.3 Å². The van der Waals surface area contributed by atoms with Gasteiger partial charge in [0.15, 0.2) is 4.96 Å². The summed E-state index contributed by atoms with van der Waals surface area (Å²) in [5.41, 5.74) is 1.08. The zero-order valence-corrected chi connectivity index (χ0v) is 10.7. The van der Waals surface area contributed by atoms with E-state index in [2.05, 4.69) is 25.0 Å². The van der Waals surface area contributed by atoms with Crippen molar-refractivity contribution in [2.45, 2.75) is 33.3 Å². The highest BCUT2D eigenvalue weighted by Crippen LogP contribution is 2.21. The van der Waals surface area contributed by atoms with Gasteiger partial charge in [-0.2, -0.15) is 0 Å². The maximum absolute atomic E-state index is 9.74. The zero-order valence-electron chi connectivity index (χ0n) is 9.92. The van der Waals surface area contributed by atoms with Crippen LogP contribution in [0.3, 0.4) is 0 Å². The van der Waals surface area contributed by atoms with Crippen LogP contribution >= 0.6 is 11.3 Å². The number of hydrogen-bond acceptors (Lipinski definition) is 3. The van der Waals surface area contributed by atoms with E-state index in [9.17, 15) is 5.11 Å². The largest absolute Gasteiger partial charge is 0.393 e. The summed E-state index contributed by atoms with van der Waals surface area (Å²) >= 11 is 1.64. The first-order chi connectivity index (χ1) is 7.58. The fourth-order valence-electron chi connectivity index (χ4n) is 2.08. The Morgan fingerprint density at radius 2 is 2.19 bits per heavy atom. The van der Waals surface area contributed by atoms with E-state index in [1.807, 2.05) is 22.9 Å². The van der Waals surface area contributed by atoms with Crippen molar-refractivity contribution in [1.29, 1.82) is 0 Å². The molecule has 4 heteroatoms. The first-order valence-corrected chi connectivity index (χ1v) is 6.55. The summed E-state index contributed by atoms with van der Waals surface area (Å²) in [4.78, 5) is 5.58. The van der Waals surface area contributed by atoms with E-state index in [-0.39, 0.29) is 12.0 Å². The standard InChI is InChI=1S/C12H18N2OS/c1-8(2)11(9(3)15)6-10-7-14-4-5-16-12(14)13-10/h4-5,7-9,11,15H,6H2,1-3H3. The number of aliphatic hydroxyl groups excluding tert-OH is 1. The van der Waals surface area contributed by atoms with Gasteiger partial charge >= 0.3 is 0 Å². The topological polar surface area (TPSA) is 37.5 Å². The summed E-state index contributed by atoms with van der Waals surface area (Å²) in [5, 5.41) is 11.8. The van der Waals surface area contributed by atoms with Gasteiger partial charge in [0, 0.05) is 17.8 Å². The fraction of sp³-hybridized carbons (Fsp3) is 0.583. The summed E-state index contributed by atoms with van der Waals surface area (Å²) in [5.74, 6) is 0.754. The van der Waals surface area contributed by atoms with Gasteiger partial charge in [0.1, 0.15) is 0 Å². The number of aromatic nitrogens is 2. The molecule has 0 saturated carbocycles. The molecule has 0 saturated heterocycles. The first kappa shape index (κ1) is 11.6. The van der Waals surface area contributed by atoms with Gasteiger partial charge in [-0.15, -0.1) is 11.3 Å². The maximum atomic E-state index is 9.74. The lowest BCUT2D eigenvalue weighted by atomic mass is 9.87. The van der Waals surface area contributed by atoms with Crippen LogP contribution in [0.1, 0.15) is 26.5 Å². The molecule has 2 atom stereocenters. The number of rotatable bonds is 4. The molecule has 2 heterocycles. The molecular formula is C12H18N2OS. The fourth-order valence-corrected chi connectivity index (χ4v) is 2.80. The summed E-state index contributed by atoms with van der Waals surface area (Å²) in [6, 6.07) is 0. The van der Waals surface area contributed by atoms with Crippen molar-refractivity contribution in [3.63, 3.8) is 0 Å². The number of aliphatic hydroxyl groups is 1. The Labute approximate surface area is 99.8 Å². The van der Waals surface area contributed by atoms with Crippen molar-refractivity contribution in [2.24, 2.45) is 11.8 Å². The molecule has 2 unspecified atom stereocenters. The molecule has 1 N–H and O–H groups in total. The van der Waals surface area contributed by atoms with E-state index in [0.29, 0.717) is 5.92 Å². The highest BCUT2D eigenvalue weighted by molar-refractivity contribution is 7.15. The zero-order chi connectivity index (χ0) is 11.7. The molecule has 16 heavy (non-hydrogen) atoms. The van der Waals surface area contributed by atoms with Crippen molar-refractivity contribution in [3.05, 3.63) is 23.5 Å². The Morgan fingerprint density at radius 3 is 2.75 bits per heavy atom. The molecule has 0 amide bonds. The molecule has 0 aliphatic heterocycles. The summed E-state index contributed by atoms with van der Waals surface area (Å²) in [6.07, 6.45) is 4.65. The number of thiazole rings is 1. The second kappa shape index (κ2) is 4.55. The maximum Gasteiger partial charge on any atom is 0.193 e. The molecule has 3 nitrogen and oxygen atoms in total. The number of imidazole rings is 1. The van der Waals surface area contributed by atoms with Crippen molar-refractivity contribution < 1.29 is 5.11 Å². The molecule has 0 fully saturated rings. The van der Waals surface area contributed by atoms with Crippen molar-refractivity contribution in [3.8, 4) is 0 Å². The molecule has 0 radical (unpaired) electrons. The van der Waals surface area contributed by atoms with Gasteiger partial charge in [0.2, 0.25) is 0 Å². The highest BCUT2D eigenvalue weighted by Gasteiger charge is 2.20. The van der Waals surface area contributed by atoms with E-state index in [1.54, 1.807) is 11.3 Å². The molecule has 2 aromatic rings. The number of nitrogens with zero attached hydrogens (tertiary/aromatic N) is 2. The van der Waals surface area contributed by atoms with Crippen molar-refractivity contribution in [2.75, 3.05) is 0 Å². The van der Waals surface area contributed by atoms with E-state index in [1.165, 1.54) is 0 Å². The van der Waals surface area contributed by atoms with Gasteiger partial charge in [-0.3, -0.25) is 4.40 Å². The van der Waals surface area contributed by atoms with E-state index in [4.69, 9.17) is 0 Å². The van der Waals surface area contributed by atoms with Gasteiger partial charge in [-0.05, 0) is 25.2 Å². The Kier molecular flexibility index (Phi) is 3.30. The van der Waals surface area contributed by atoms with E-state index in [0.717, 1.165) is 17.1 Å². The SMILES string of the molecule is CC(C)C(Cc1cn2ccsc2n1)C(C)O. The van der Waals surface area contributed by atoms with Gasteiger partial charge < -0.3 is 5.11 Å². The molecule has 0 bridgehead atoms. The molecule has 2 aromatic heterocycles. The van der Waals surface area contributed by atoms with Crippen molar-refractivity contribution in [1.82, 2.24) is 9.38 Å². The van der Waals surface area contributed by atoms with E-state index >= 15 is 0 Å². The molecule has 88 valence electrons. The second-order valence-corrected chi connectivity index (χ2v) is 5.55. The molecule has 0 spiro atoms. The van der Waals surface area contributed by atoms with E-state index < -0.39 is 0 Å². The van der Waals surface area contributed by atoms with Crippen LogP contribution in [0.25, 0.3) is 4.96 Å². The minimum absolute atomic E-state index is 0.278. The molecular weight excluding hydrogens is 220 g/mol. The third kappa shape index (κ3) is 2.28. The molecule has 0 aliphatic rings. The third-order valence-corrected chi connectivity index (χ3v) is 3.83. The Morgan fingerprint density at radius 1 is 1.44 bits per heavy atom. The Balaban J connectivity index is 2.16. The molecule has 0 aliphatic carbocycles. The predicted octanol–water partition coefficient (Wildman–Crippen LogP) is 2.59. The van der Waals surface area contributed by atoms with Crippen LogP contribution in [0.5, 0.6) is 0 Å². The summed E-state index contributed by atoms with van der Waals surface area (Å²) in [7, 11) is 0. The third-order valence-electron chi connectivity index (χ3n) is 3.06. The Bertz CT molecular complexity index is 422. The summed E-state index contributed by atoms with van der Waals surface area (Å²) < 4.78 is 2.04. The summed E-state index contributed by atoms with van der Waals surface area (Å²) in [6.45, 7) is 6.16. The average molecular weight is 238 g/mol. The van der Waals surface area contributed by atoms with Crippen LogP contribution in [-0.4, -0.2) is 20.6 Å². The van der Waals surface area contributed by atoms with Gasteiger partial charge in [-0.25, -0.2) is 4.98 Å². The lowest BCUT2D eigenvalue weighted by Crippen LogP contribution is -2.24. The van der Waals surface area contributed by atoms with Crippen LogP contribution in [0, 0.1) is 11.8 Å². The average Bonchev–Trinajstić information content (AvgIpc) is 2.71. The van der Waals surface area contributed by atoms with Crippen LogP contribution in [0.4, 0.5) is 0 Å². The smallest absolute Gasteiger partial charge is 0.193 e.